The topological polar surface area (TPSA) is 15.6 Å². The zero-order valence-corrected chi connectivity index (χ0v) is 17.4. The molecule has 27 heavy (non-hydrogen) atoms. The highest BCUT2D eigenvalue weighted by atomic mass is 35.5. The first kappa shape index (κ1) is 19.6. The number of fused-ring (bicyclic) bond motifs is 1. The van der Waals surface area contributed by atoms with Gasteiger partial charge in [-0.3, -0.25) is 4.99 Å². The first-order chi connectivity index (χ1) is 12.7. The number of hydrogen-bond acceptors (Lipinski definition) is 2. The van der Waals surface area contributed by atoms with Crippen molar-refractivity contribution in [2.75, 3.05) is 11.4 Å². The van der Waals surface area contributed by atoms with Crippen LogP contribution >= 0.6 is 11.6 Å². The Labute approximate surface area is 166 Å². The lowest BCUT2D eigenvalue weighted by atomic mass is 9.87. The Morgan fingerprint density at radius 3 is 2.63 bits per heavy atom. The van der Waals surface area contributed by atoms with Crippen LogP contribution in [0.15, 0.2) is 41.4 Å². The van der Waals surface area contributed by atoms with Crippen molar-refractivity contribution in [3.05, 3.63) is 63.9 Å². The Morgan fingerprint density at radius 2 is 1.93 bits per heavy atom. The number of nitrogens with zero attached hydrogens (tertiary/aromatic N) is 2. The molecular formula is C23H26ClFN2. The third-order valence-electron chi connectivity index (χ3n) is 5.06. The molecule has 0 saturated heterocycles. The van der Waals surface area contributed by atoms with E-state index in [1.54, 1.807) is 18.3 Å². The molecule has 0 fully saturated rings. The summed E-state index contributed by atoms with van der Waals surface area (Å²) < 4.78 is 14.9. The molecule has 4 heteroatoms. The SMILES string of the molecule is CCCN1c2cc(F)c(C=Nc3cc(Cl)ccc3C)cc2C(C)=CC1(C)C. The molecular weight excluding hydrogens is 359 g/mol. The molecule has 0 unspecified atom stereocenters. The third-order valence-corrected chi connectivity index (χ3v) is 5.29. The molecule has 2 aromatic carbocycles. The lowest BCUT2D eigenvalue weighted by molar-refractivity contribution is 0.546. The van der Waals surface area contributed by atoms with Crippen LogP contribution in [-0.4, -0.2) is 18.3 Å². The van der Waals surface area contributed by atoms with E-state index in [1.807, 2.05) is 25.1 Å². The van der Waals surface area contributed by atoms with Crippen molar-refractivity contribution in [1.29, 1.82) is 0 Å². The van der Waals surface area contributed by atoms with Crippen molar-refractivity contribution < 1.29 is 4.39 Å². The lowest BCUT2D eigenvalue weighted by Crippen LogP contribution is -2.45. The minimum absolute atomic E-state index is 0.132. The summed E-state index contributed by atoms with van der Waals surface area (Å²) in [6, 6.07) is 9.08. The van der Waals surface area contributed by atoms with E-state index >= 15 is 0 Å². The minimum Gasteiger partial charge on any atom is -0.362 e. The predicted octanol–water partition coefficient (Wildman–Crippen LogP) is 6.95. The number of anilines is 1. The molecule has 142 valence electrons. The van der Waals surface area contributed by atoms with Crippen LogP contribution in [0.2, 0.25) is 5.02 Å². The van der Waals surface area contributed by atoms with E-state index in [0.717, 1.165) is 41.0 Å². The number of halogens is 2. The second-order valence-corrected chi connectivity index (χ2v) is 8.15. The van der Waals surface area contributed by atoms with E-state index in [4.69, 9.17) is 11.6 Å². The number of hydrogen-bond donors (Lipinski definition) is 0. The number of aryl methyl sites for hydroxylation is 1. The molecule has 0 bridgehead atoms. The molecule has 0 N–H and O–H groups in total. The molecule has 0 atom stereocenters. The maximum Gasteiger partial charge on any atom is 0.134 e. The van der Waals surface area contributed by atoms with Crippen molar-refractivity contribution in [1.82, 2.24) is 0 Å². The van der Waals surface area contributed by atoms with Gasteiger partial charge in [-0.05, 0) is 69.5 Å². The average molecular weight is 385 g/mol. The molecule has 0 aromatic heterocycles. The predicted molar refractivity (Wildman–Crippen MR) is 115 cm³/mol. The fourth-order valence-electron chi connectivity index (χ4n) is 3.71. The average Bonchev–Trinajstić information content (AvgIpc) is 2.59. The summed E-state index contributed by atoms with van der Waals surface area (Å²) in [6.45, 7) is 11.4. The quantitative estimate of drug-likeness (QED) is 0.520. The van der Waals surface area contributed by atoms with Gasteiger partial charge in [-0.15, -0.1) is 0 Å². The van der Waals surface area contributed by atoms with E-state index in [0.29, 0.717) is 10.6 Å². The molecule has 1 aliphatic heterocycles. The molecule has 0 radical (unpaired) electrons. The smallest absolute Gasteiger partial charge is 0.134 e. The first-order valence-corrected chi connectivity index (χ1v) is 9.72. The largest absolute Gasteiger partial charge is 0.362 e. The van der Waals surface area contributed by atoms with E-state index in [-0.39, 0.29) is 11.4 Å². The number of allylic oxidation sites excluding steroid dienone is 1. The Morgan fingerprint density at radius 1 is 1.19 bits per heavy atom. The van der Waals surface area contributed by atoms with Gasteiger partial charge in [-0.2, -0.15) is 0 Å². The van der Waals surface area contributed by atoms with Gasteiger partial charge >= 0.3 is 0 Å². The Hall–Kier alpha value is -2.13. The third kappa shape index (κ3) is 3.93. The molecule has 0 amide bonds. The number of benzene rings is 2. The van der Waals surface area contributed by atoms with E-state index in [1.165, 1.54) is 0 Å². The van der Waals surface area contributed by atoms with Crippen LogP contribution in [0, 0.1) is 12.7 Å². The van der Waals surface area contributed by atoms with Gasteiger partial charge in [0.25, 0.3) is 0 Å². The molecule has 1 aliphatic rings. The number of rotatable bonds is 4. The van der Waals surface area contributed by atoms with Gasteiger partial charge in [0, 0.05) is 34.6 Å². The summed E-state index contributed by atoms with van der Waals surface area (Å²) in [5, 5.41) is 0.620. The van der Waals surface area contributed by atoms with Gasteiger partial charge in [0.15, 0.2) is 0 Å². The van der Waals surface area contributed by atoms with Crippen LogP contribution in [0.1, 0.15) is 50.8 Å². The summed E-state index contributed by atoms with van der Waals surface area (Å²) in [5.74, 6) is -0.260. The fourth-order valence-corrected chi connectivity index (χ4v) is 3.87. The van der Waals surface area contributed by atoms with Crippen molar-refractivity contribution in [2.24, 2.45) is 4.99 Å². The van der Waals surface area contributed by atoms with Crippen molar-refractivity contribution >= 4 is 34.8 Å². The van der Waals surface area contributed by atoms with Gasteiger partial charge in [0.05, 0.1) is 11.2 Å². The highest BCUT2D eigenvalue weighted by molar-refractivity contribution is 6.30. The maximum absolute atomic E-state index is 14.9. The Balaban J connectivity index is 2.05. The second-order valence-electron chi connectivity index (χ2n) is 7.71. The molecule has 3 rings (SSSR count). The second kappa shape index (κ2) is 7.47. The van der Waals surface area contributed by atoms with E-state index in [2.05, 4.69) is 43.7 Å². The standard InChI is InChI=1S/C23H26ClFN2/c1-6-9-27-22-12-20(25)17(10-19(22)16(3)13-23(27,4)5)14-26-21-11-18(24)8-7-15(21)2/h7-8,10-14H,6,9H2,1-5H3. The van der Waals surface area contributed by atoms with Crippen LogP contribution in [0.25, 0.3) is 5.57 Å². The van der Waals surface area contributed by atoms with Crippen LogP contribution in [-0.2, 0) is 0 Å². The van der Waals surface area contributed by atoms with Crippen molar-refractivity contribution in [3.8, 4) is 0 Å². The van der Waals surface area contributed by atoms with Gasteiger partial charge < -0.3 is 4.90 Å². The zero-order valence-electron chi connectivity index (χ0n) is 16.6. The molecule has 0 saturated carbocycles. The van der Waals surface area contributed by atoms with Crippen LogP contribution in [0.3, 0.4) is 0 Å². The van der Waals surface area contributed by atoms with Crippen molar-refractivity contribution in [3.63, 3.8) is 0 Å². The van der Waals surface area contributed by atoms with E-state index < -0.39 is 0 Å². The summed E-state index contributed by atoms with van der Waals surface area (Å²) in [4.78, 5) is 6.75. The summed E-state index contributed by atoms with van der Waals surface area (Å²) in [7, 11) is 0. The zero-order chi connectivity index (χ0) is 19.8. The van der Waals surface area contributed by atoms with Gasteiger partial charge in [0.1, 0.15) is 5.82 Å². The summed E-state index contributed by atoms with van der Waals surface area (Å²) in [5.41, 5.74) is 5.28. The van der Waals surface area contributed by atoms with Crippen LogP contribution in [0.5, 0.6) is 0 Å². The Kier molecular flexibility index (Phi) is 5.43. The highest BCUT2D eigenvalue weighted by Crippen LogP contribution is 2.40. The summed E-state index contributed by atoms with van der Waals surface area (Å²) >= 11 is 6.06. The van der Waals surface area contributed by atoms with Gasteiger partial charge in [-0.25, -0.2) is 4.39 Å². The van der Waals surface area contributed by atoms with Gasteiger partial charge in [-0.1, -0.05) is 30.7 Å². The highest BCUT2D eigenvalue weighted by Gasteiger charge is 2.31. The monoisotopic (exact) mass is 384 g/mol. The number of aliphatic imine (C=N–C) groups is 1. The van der Waals surface area contributed by atoms with Crippen LogP contribution in [0.4, 0.5) is 15.8 Å². The van der Waals surface area contributed by atoms with E-state index in [9.17, 15) is 4.39 Å². The lowest BCUT2D eigenvalue weighted by Gasteiger charge is -2.43. The van der Waals surface area contributed by atoms with Crippen LogP contribution < -0.4 is 4.90 Å². The Bertz CT molecular complexity index is 928. The molecule has 2 nitrogen and oxygen atoms in total. The summed E-state index contributed by atoms with van der Waals surface area (Å²) in [6.07, 6.45) is 4.85. The molecule has 0 spiro atoms. The minimum atomic E-state index is -0.260. The molecule has 0 aliphatic carbocycles. The maximum atomic E-state index is 14.9. The first-order valence-electron chi connectivity index (χ1n) is 9.34. The normalized spacial score (nSPS) is 15.8. The molecule has 1 heterocycles. The molecule has 2 aromatic rings. The fraction of sp³-hybridized carbons (Fsp3) is 0.348. The van der Waals surface area contributed by atoms with Gasteiger partial charge in [0.2, 0.25) is 0 Å². The van der Waals surface area contributed by atoms with Crippen molar-refractivity contribution in [2.45, 2.75) is 46.6 Å².